The van der Waals surface area contributed by atoms with Gasteiger partial charge < -0.3 is 24.4 Å². The first-order chi connectivity index (χ1) is 10.3. The summed E-state index contributed by atoms with van der Waals surface area (Å²) in [6.45, 7) is 0. The van der Waals surface area contributed by atoms with E-state index in [2.05, 4.69) is 19.5 Å². The number of carbonyl (C=O) groups excluding carboxylic acids is 4. The van der Waals surface area contributed by atoms with Crippen LogP contribution in [0.2, 0.25) is 0 Å². The third-order valence-corrected chi connectivity index (χ3v) is 2.44. The van der Waals surface area contributed by atoms with Crippen molar-refractivity contribution in [3.8, 4) is 0 Å². The zero-order chi connectivity index (χ0) is 17.1. The topological polar surface area (TPSA) is 111 Å². The molecule has 0 bridgehead atoms. The van der Waals surface area contributed by atoms with Gasteiger partial charge in [0.15, 0.2) is 0 Å². The van der Waals surface area contributed by atoms with Gasteiger partial charge in [-0.05, 0) is 18.9 Å². The van der Waals surface area contributed by atoms with E-state index in [9.17, 15) is 19.2 Å². The lowest BCUT2D eigenvalue weighted by Gasteiger charge is -2.14. The molecule has 9 nitrogen and oxygen atoms in total. The highest BCUT2D eigenvalue weighted by Gasteiger charge is 2.24. The summed E-state index contributed by atoms with van der Waals surface area (Å²) < 4.78 is 12.9. The SMILES string of the molecule is COC(=O)N[C@@H](CC/C=C/C(=O)N(C)C)C(=O)OC(=O)OC. The number of hydrogen-bond donors (Lipinski definition) is 1. The van der Waals surface area contributed by atoms with Gasteiger partial charge in [0.2, 0.25) is 5.91 Å². The molecule has 0 saturated heterocycles. The molecule has 0 radical (unpaired) electrons. The van der Waals surface area contributed by atoms with Crippen LogP contribution in [0.3, 0.4) is 0 Å². The third kappa shape index (κ3) is 7.88. The minimum Gasteiger partial charge on any atom is -0.453 e. The molecule has 0 saturated carbocycles. The Kier molecular flexibility index (Phi) is 9.00. The van der Waals surface area contributed by atoms with Crippen molar-refractivity contribution >= 4 is 24.1 Å². The fourth-order valence-corrected chi connectivity index (χ4v) is 1.24. The van der Waals surface area contributed by atoms with E-state index in [0.717, 1.165) is 14.2 Å². The first-order valence-electron chi connectivity index (χ1n) is 6.33. The maximum absolute atomic E-state index is 11.7. The highest BCUT2D eigenvalue weighted by Crippen LogP contribution is 2.03. The van der Waals surface area contributed by atoms with Crippen molar-refractivity contribution in [2.24, 2.45) is 0 Å². The third-order valence-electron chi connectivity index (χ3n) is 2.44. The molecule has 9 heteroatoms. The van der Waals surface area contributed by atoms with Crippen LogP contribution in [0.1, 0.15) is 12.8 Å². The molecule has 0 aromatic heterocycles. The fraction of sp³-hybridized carbons (Fsp3) is 0.538. The van der Waals surface area contributed by atoms with Gasteiger partial charge in [0.25, 0.3) is 0 Å². The minimum absolute atomic E-state index is 0.113. The summed E-state index contributed by atoms with van der Waals surface area (Å²) in [7, 11) is 5.38. The highest BCUT2D eigenvalue weighted by molar-refractivity contribution is 5.88. The number of likely N-dealkylation sites (N-methyl/N-ethyl adjacent to an activating group) is 1. The number of allylic oxidation sites excluding steroid dienone is 1. The molecule has 22 heavy (non-hydrogen) atoms. The van der Waals surface area contributed by atoms with Crippen molar-refractivity contribution in [1.82, 2.24) is 10.2 Å². The Bertz CT molecular complexity index is 446. The Morgan fingerprint density at radius 3 is 2.27 bits per heavy atom. The quantitative estimate of drug-likeness (QED) is 0.430. The first-order valence-corrected chi connectivity index (χ1v) is 6.33. The lowest BCUT2D eigenvalue weighted by molar-refractivity contribution is -0.141. The lowest BCUT2D eigenvalue weighted by Crippen LogP contribution is -2.42. The number of carbonyl (C=O) groups is 4. The zero-order valence-corrected chi connectivity index (χ0v) is 13.0. The van der Waals surface area contributed by atoms with Crippen molar-refractivity contribution in [3.05, 3.63) is 12.2 Å². The van der Waals surface area contributed by atoms with E-state index in [1.807, 2.05) is 0 Å². The number of ether oxygens (including phenoxy) is 3. The number of alkyl carbamates (subject to hydrolysis) is 1. The van der Waals surface area contributed by atoms with Crippen molar-refractivity contribution in [2.75, 3.05) is 28.3 Å². The van der Waals surface area contributed by atoms with Crippen molar-refractivity contribution in [3.63, 3.8) is 0 Å². The van der Waals surface area contributed by atoms with E-state index >= 15 is 0 Å². The molecule has 0 aliphatic rings. The molecular weight excluding hydrogens is 296 g/mol. The van der Waals surface area contributed by atoms with E-state index < -0.39 is 24.3 Å². The Hall–Kier alpha value is -2.58. The summed E-state index contributed by atoms with van der Waals surface area (Å²) in [4.78, 5) is 46.5. The normalized spacial score (nSPS) is 11.5. The molecule has 0 unspecified atom stereocenters. The average molecular weight is 316 g/mol. The summed E-state index contributed by atoms with van der Waals surface area (Å²) in [5, 5.41) is 2.23. The van der Waals surface area contributed by atoms with Crippen LogP contribution in [0.4, 0.5) is 9.59 Å². The van der Waals surface area contributed by atoms with Gasteiger partial charge in [0, 0.05) is 14.1 Å². The van der Waals surface area contributed by atoms with Crippen LogP contribution in [-0.2, 0) is 23.8 Å². The van der Waals surface area contributed by atoms with Crippen LogP contribution in [-0.4, -0.2) is 63.4 Å². The number of methoxy groups -OCH3 is 2. The lowest BCUT2D eigenvalue weighted by atomic mass is 10.1. The van der Waals surface area contributed by atoms with Crippen LogP contribution < -0.4 is 5.32 Å². The largest absolute Gasteiger partial charge is 0.515 e. The molecule has 124 valence electrons. The van der Waals surface area contributed by atoms with Gasteiger partial charge in [-0.1, -0.05) is 6.08 Å². The molecule has 2 amide bonds. The molecule has 0 rings (SSSR count). The number of esters is 1. The second kappa shape index (κ2) is 10.2. The maximum atomic E-state index is 11.7. The molecule has 0 spiro atoms. The second-order valence-corrected chi connectivity index (χ2v) is 4.28. The van der Waals surface area contributed by atoms with Gasteiger partial charge in [-0.2, -0.15) is 0 Å². The molecule has 0 fully saturated rings. The van der Waals surface area contributed by atoms with E-state index in [1.54, 1.807) is 20.2 Å². The fourth-order valence-electron chi connectivity index (χ4n) is 1.24. The predicted octanol–water partition coefficient (Wildman–Crippen LogP) is 0.445. The number of rotatable bonds is 6. The summed E-state index contributed by atoms with van der Waals surface area (Å²) >= 11 is 0. The van der Waals surface area contributed by atoms with Crippen molar-refractivity contribution in [2.45, 2.75) is 18.9 Å². The highest BCUT2D eigenvalue weighted by atomic mass is 16.7. The minimum atomic E-state index is -1.18. The zero-order valence-electron chi connectivity index (χ0n) is 13.0. The Balaban J connectivity index is 4.60. The summed E-state index contributed by atoms with van der Waals surface area (Å²) in [6.07, 6.45) is 1.26. The monoisotopic (exact) mass is 316 g/mol. The predicted molar refractivity (Wildman–Crippen MR) is 74.9 cm³/mol. The number of amides is 2. The van der Waals surface area contributed by atoms with Crippen LogP contribution in [0.5, 0.6) is 0 Å². The summed E-state index contributed by atoms with van der Waals surface area (Å²) in [6, 6.07) is -1.11. The molecule has 0 heterocycles. The molecule has 0 aromatic carbocycles. The summed E-state index contributed by atoms with van der Waals surface area (Å²) in [5.74, 6) is -1.20. The van der Waals surface area contributed by atoms with E-state index in [4.69, 9.17) is 0 Å². The maximum Gasteiger partial charge on any atom is 0.515 e. The second-order valence-electron chi connectivity index (χ2n) is 4.28. The molecular formula is C13H20N2O7. The Morgan fingerprint density at radius 2 is 1.77 bits per heavy atom. The van der Waals surface area contributed by atoms with Crippen molar-refractivity contribution < 1.29 is 33.4 Å². The molecule has 0 aromatic rings. The smallest absolute Gasteiger partial charge is 0.453 e. The molecule has 0 aliphatic carbocycles. The van der Waals surface area contributed by atoms with Crippen LogP contribution >= 0.6 is 0 Å². The van der Waals surface area contributed by atoms with Gasteiger partial charge in [-0.3, -0.25) is 4.79 Å². The molecule has 0 aliphatic heterocycles. The van der Waals surface area contributed by atoms with Gasteiger partial charge in [-0.15, -0.1) is 0 Å². The van der Waals surface area contributed by atoms with Gasteiger partial charge in [0.1, 0.15) is 6.04 Å². The first kappa shape index (κ1) is 19.4. The van der Waals surface area contributed by atoms with E-state index in [1.165, 1.54) is 11.0 Å². The molecule has 1 N–H and O–H groups in total. The van der Waals surface area contributed by atoms with Crippen molar-refractivity contribution in [1.29, 1.82) is 0 Å². The Morgan fingerprint density at radius 1 is 1.14 bits per heavy atom. The standard InChI is InChI=1S/C13H20N2O7/c1-15(2)10(16)8-6-5-7-9(14-12(18)20-3)11(17)22-13(19)21-4/h6,8-9H,5,7H2,1-4H3,(H,14,18)/b8-6+/t9-/m0/s1. The molecule has 1 atom stereocenters. The number of nitrogens with zero attached hydrogens (tertiary/aromatic N) is 1. The van der Waals surface area contributed by atoms with Crippen LogP contribution in [0.15, 0.2) is 12.2 Å². The van der Waals surface area contributed by atoms with E-state index in [0.29, 0.717) is 6.42 Å². The summed E-state index contributed by atoms with van der Waals surface area (Å²) in [5.41, 5.74) is 0. The average Bonchev–Trinajstić information content (AvgIpc) is 2.48. The van der Waals surface area contributed by atoms with Gasteiger partial charge in [-0.25, -0.2) is 14.4 Å². The Labute approximate surface area is 128 Å². The van der Waals surface area contributed by atoms with Crippen LogP contribution in [0, 0.1) is 0 Å². The van der Waals surface area contributed by atoms with Gasteiger partial charge in [0.05, 0.1) is 14.2 Å². The number of hydrogen-bond acceptors (Lipinski definition) is 7. The van der Waals surface area contributed by atoms with Gasteiger partial charge >= 0.3 is 18.2 Å². The van der Waals surface area contributed by atoms with Crippen LogP contribution in [0.25, 0.3) is 0 Å². The van der Waals surface area contributed by atoms with E-state index in [-0.39, 0.29) is 12.3 Å². The number of nitrogens with one attached hydrogen (secondary N) is 1.